The number of carbonyl (C=O) groups is 3. The summed E-state index contributed by atoms with van der Waals surface area (Å²) in [5.41, 5.74) is 2.96. The van der Waals surface area contributed by atoms with Crippen LogP contribution >= 0.6 is 0 Å². The summed E-state index contributed by atoms with van der Waals surface area (Å²) in [5.74, 6) is 0.896. The molecular formula is C27H28N2O6. The van der Waals surface area contributed by atoms with Crippen molar-refractivity contribution in [3.63, 3.8) is 0 Å². The smallest absolute Gasteiger partial charge is 0.287 e. The fraction of sp³-hybridized carbons (Fsp3) is 0.296. The highest BCUT2D eigenvalue weighted by Gasteiger charge is 2.28. The number of carbonyl (C=O) groups excluding carboxylic acids is 3. The molecule has 0 spiro atoms. The van der Waals surface area contributed by atoms with Crippen molar-refractivity contribution >= 4 is 23.3 Å². The van der Waals surface area contributed by atoms with Gasteiger partial charge in [-0.2, -0.15) is 0 Å². The Labute approximate surface area is 203 Å². The van der Waals surface area contributed by atoms with Crippen LogP contribution in [-0.2, 0) is 11.3 Å². The number of hydrogen-bond donors (Lipinski definition) is 1. The molecule has 2 heterocycles. The highest BCUT2D eigenvalue weighted by Crippen LogP contribution is 2.34. The number of fused-ring (bicyclic) bond motifs is 1. The van der Waals surface area contributed by atoms with Crippen LogP contribution in [0.25, 0.3) is 0 Å². The molecule has 3 aromatic rings. The second-order valence-electron chi connectivity index (χ2n) is 8.88. The first-order chi connectivity index (χ1) is 16.7. The molecule has 0 atom stereocenters. The van der Waals surface area contributed by atoms with Gasteiger partial charge in [-0.15, -0.1) is 0 Å². The van der Waals surface area contributed by atoms with Gasteiger partial charge < -0.3 is 19.2 Å². The molecule has 0 radical (unpaired) electrons. The second kappa shape index (κ2) is 10.0. The van der Waals surface area contributed by atoms with Crippen LogP contribution in [0.15, 0.2) is 52.9 Å². The van der Waals surface area contributed by atoms with E-state index in [2.05, 4.69) is 5.32 Å². The second-order valence-corrected chi connectivity index (χ2v) is 8.88. The summed E-state index contributed by atoms with van der Waals surface area (Å²) in [6.07, 6.45) is 0. The van der Waals surface area contributed by atoms with E-state index >= 15 is 0 Å². The Morgan fingerprint density at radius 1 is 1.06 bits per heavy atom. The number of rotatable bonds is 8. The van der Waals surface area contributed by atoms with Crippen molar-refractivity contribution in [1.29, 1.82) is 0 Å². The number of benzene rings is 2. The van der Waals surface area contributed by atoms with Crippen LogP contribution in [0.2, 0.25) is 0 Å². The van der Waals surface area contributed by atoms with E-state index in [1.807, 2.05) is 45.9 Å². The molecule has 2 amide bonds. The number of furan rings is 1. The van der Waals surface area contributed by atoms with E-state index in [0.29, 0.717) is 28.5 Å². The van der Waals surface area contributed by atoms with Gasteiger partial charge in [-0.1, -0.05) is 6.07 Å². The van der Waals surface area contributed by atoms with Crippen LogP contribution in [0.3, 0.4) is 0 Å². The number of aryl methyl sites for hydroxylation is 2. The van der Waals surface area contributed by atoms with Gasteiger partial charge in [0.25, 0.3) is 11.8 Å². The molecule has 0 bridgehead atoms. The SMILES string of the molecule is Cc1cc(C)cc(OCC(=O)c2ccc3c(c2)N(Cc2ccc(C(=O)NC(C)C)o2)C(=O)CO3)c1. The molecule has 0 fully saturated rings. The highest BCUT2D eigenvalue weighted by molar-refractivity contribution is 6.02. The molecule has 4 rings (SSSR count). The first-order valence-electron chi connectivity index (χ1n) is 11.4. The normalized spacial score (nSPS) is 12.8. The van der Waals surface area contributed by atoms with Crippen molar-refractivity contribution in [2.75, 3.05) is 18.1 Å². The Balaban J connectivity index is 1.51. The summed E-state index contributed by atoms with van der Waals surface area (Å²) >= 11 is 0. The van der Waals surface area contributed by atoms with Gasteiger partial charge in [-0.05, 0) is 81.3 Å². The fourth-order valence-corrected chi connectivity index (χ4v) is 3.87. The average Bonchev–Trinajstić information content (AvgIpc) is 3.27. The molecule has 0 saturated carbocycles. The van der Waals surface area contributed by atoms with E-state index in [0.717, 1.165) is 11.1 Å². The largest absolute Gasteiger partial charge is 0.485 e. The number of amides is 2. The molecule has 1 aliphatic rings. The fourth-order valence-electron chi connectivity index (χ4n) is 3.87. The molecule has 35 heavy (non-hydrogen) atoms. The molecule has 1 N–H and O–H groups in total. The third kappa shape index (κ3) is 5.71. The van der Waals surface area contributed by atoms with E-state index in [1.54, 1.807) is 30.3 Å². The molecule has 8 heteroatoms. The summed E-state index contributed by atoms with van der Waals surface area (Å²) in [4.78, 5) is 39.2. The lowest BCUT2D eigenvalue weighted by atomic mass is 10.1. The molecule has 2 aromatic carbocycles. The van der Waals surface area contributed by atoms with Gasteiger partial charge in [0.15, 0.2) is 24.8 Å². The van der Waals surface area contributed by atoms with Crippen LogP contribution in [0.4, 0.5) is 5.69 Å². The lowest BCUT2D eigenvalue weighted by molar-refractivity contribution is -0.121. The molecule has 0 saturated heterocycles. The van der Waals surface area contributed by atoms with Gasteiger partial charge in [-0.3, -0.25) is 19.3 Å². The van der Waals surface area contributed by atoms with E-state index in [9.17, 15) is 14.4 Å². The Hall–Kier alpha value is -4.07. The van der Waals surface area contributed by atoms with Crippen LogP contribution in [-0.4, -0.2) is 36.9 Å². The van der Waals surface area contributed by atoms with Gasteiger partial charge in [0.1, 0.15) is 17.3 Å². The monoisotopic (exact) mass is 476 g/mol. The summed E-state index contributed by atoms with van der Waals surface area (Å²) in [6, 6.07) is 13.9. The maximum Gasteiger partial charge on any atom is 0.287 e. The van der Waals surface area contributed by atoms with Crippen LogP contribution in [0.1, 0.15) is 51.6 Å². The molecule has 182 valence electrons. The Bertz CT molecular complexity index is 1260. The van der Waals surface area contributed by atoms with Crippen molar-refractivity contribution in [3.8, 4) is 11.5 Å². The number of anilines is 1. The summed E-state index contributed by atoms with van der Waals surface area (Å²) < 4.78 is 16.9. The first-order valence-corrected chi connectivity index (χ1v) is 11.4. The van der Waals surface area contributed by atoms with Crippen LogP contribution in [0, 0.1) is 13.8 Å². The van der Waals surface area contributed by atoms with Crippen molar-refractivity contribution < 1.29 is 28.3 Å². The zero-order valence-corrected chi connectivity index (χ0v) is 20.2. The predicted molar refractivity (Wildman–Crippen MR) is 130 cm³/mol. The Morgan fingerprint density at radius 2 is 1.80 bits per heavy atom. The third-order valence-electron chi connectivity index (χ3n) is 5.41. The Morgan fingerprint density at radius 3 is 2.51 bits per heavy atom. The van der Waals surface area contributed by atoms with Crippen molar-refractivity contribution in [1.82, 2.24) is 5.32 Å². The van der Waals surface area contributed by atoms with Gasteiger partial charge in [-0.25, -0.2) is 0 Å². The molecule has 1 aliphatic heterocycles. The lowest BCUT2D eigenvalue weighted by Crippen LogP contribution is -2.38. The standard InChI is InChI=1S/C27H28N2O6/c1-16(2)28-27(32)25-8-6-20(35-25)13-29-22-12-19(5-7-24(22)34-15-26(29)31)23(30)14-33-21-10-17(3)9-18(4)11-21/h5-12,16H,13-15H2,1-4H3,(H,28,32). The van der Waals surface area contributed by atoms with E-state index < -0.39 is 0 Å². The topological polar surface area (TPSA) is 98.1 Å². The maximum absolute atomic E-state index is 12.9. The predicted octanol–water partition coefficient (Wildman–Crippen LogP) is 4.22. The maximum atomic E-state index is 12.9. The number of hydrogen-bond acceptors (Lipinski definition) is 6. The average molecular weight is 477 g/mol. The highest BCUT2D eigenvalue weighted by atomic mass is 16.5. The molecule has 8 nitrogen and oxygen atoms in total. The minimum absolute atomic E-state index is 0.0291. The zero-order chi connectivity index (χ0) is 25.1. The van der Waals surface area contributed by atoms with Crippen molar-refractivity contribution in [2.45, 2.75) is 40.3 Å². The summed E-state index contributed by atoms with van der Waals surface area (Å²) in [7, 11) is 0. The zero-order valence-electron chi connectivity index (χ0n) is 20.2. The van der Waals surface area contributed by atoms with Crippen molar-refractivity contribution in [2.24, 2.45) is 0 Å². The van der Waals surface area contributed by atoms with Crippen LogP contribution in [0.5, 0.6) is 11.5 Å². The minimum atomic E-state index is -0.323. The van der Waals surface area contributed by atoms with E-state index in [-0.39, 0.29) is 49.2 Å². The van der Waals surface area contributed by atoms with E-state index in [1.165, 1.54) is 4.90 Å². The van der Waals surface area contributed by atoms with Gasteiger partial charge in [0.05, 0.1) is 12.2 Å². The summed E-state index contributed by atoms with van der Waals surface area (Å²) in [6.45, 7) is 7.49. The first kappa shape index (κ1) is 24.1. The summed E-state index contributed by atoms with van der Waals surface area (Å²) in [5, 5.41) is 2.77. The molecule has 0 aliphatic carbocycles. The number of ether oxygens (including phenoxy) is 2. The Kier molecular flexibility index (Phi) is 6.91. The van der Waals surface area contributed by atoms with Gasteiger partial charge in [0.2, 0.25) is 0 Å². The quantitative estimate of drug-likeness (QED) is 0.489. The lowest BCUT2D eigenvalue weighted by Gasteiger charge is -2.29. The number of nitrogens with zero attached hydrogens (tertiary/aromatic N) is 1. The van der Waals surface area contributed by atoms with Crippen molar-refractivity contribution in [3.05, 3.63) is 76.7 Å². The molecule has 0 unspecified atom stereocenters. The molecule has 1 aromatic heterocycles. The number of Topliss-reactive ketones (excluding diaryl/α,β-unsaturated/α-hetero) is 1. The van der Waals surface area contributed by atoms with E-state index in [4.69, 9.17) is 13.9 Å². The van der Waals surface area contributed by atoms with Crippen LogP contribution < -0.4 is 19.7 Å². The third-order valence-corrected chi connectivity index (χ3v) is 5.41. The minimum Gasteiger partial charge on any atom is -0.485 e. The van der Waals surface area contributed by atoms with Gasteiger partial charge in [0, 0.05) is 11.6 Å². The number of ketones is 1. The molecular weight excluding hydrogens is 448 g/mol. The van der Waals surface area contributed by atoms with Gasteiger partial charge >= 0.3 is 0 Å². The number of nitrogens with one attached hydrogen (secondary N) is 1.